The van der Waals surface area contributed by atoms with Crippen LogP contribution < -0.4 is 11.2 Å². The second kappa shape index (κ2) is 7.40. The molecule has 140 valence electrons. The molecule has 0 aliphatic heterocycles. The Morgan fingerprint density at radius 1 is 0.893 bits per heavy atom. The molecule has 2 aromatic carbocycles. The Balaban J connectivity index is 1.95. The Bertz CT molecular complexity index is 1260. The van der Waals surface area contributed by atoms with Gasteiger partial charge < -0.3 is 0 Å². The summed E-state index contributed by atoms with van der Waals surface area (Å²) in [6.07, 6.45) is 1.49. The molecule has 0 radical (unpaired) electrons. The Kier molecular flexibility index (Phi) is 4.79. The summed E-state index contributed by atoms with van der Waals surface area (Å²) >= 11 is 6.14. The van der Waals surface area contributed by atoms with E-state index in [9.17, 15) is 14.0 Å². The number of benzene rings is 2. The van der Waals surface area contributed by atoms with E-state index in [4.69, 9.17) is 11.6 Å². The van der Waals surface area contributed by atoms with Gasteiger partial charge in [-0.15, -0.1) is 0 Å². The van der Waals surface area contributed by atoms with Crippen LogP contribution in [-0.2, 0) is 13.1 Å². The van der Waals surface area contributed by atoms with E-state index < -0.39 is 17.1 Å². The second-order valence-corrected chi connectivity index (χ2v) is 6.72. The van der Waals surface area contributed by atoms with Gasteiger partial charge in [-0.25, -0.2) is 14.2 Å². The van der Waals surface area contributed by atoms with Crippen molar-refractivity contribution in [1.82, 2.24) is 14.1 Å². The predicted octanol–water partition coefficient (Wildman–Crippen LogP) is 3.45. The molecule has 28 heavy (non-hydrogen) atoms. The smallest absolute Gasteiger partial charge is 0.287 e. The summed E-state index contributed by atoms with van der Waals surface area (Å²) < 4.78 is 16.8. The summed E-state index contributed by atoms with van der Waals surface area (Å²) in [6, 6.07) is 16.8. The van der Waals surface area contributed by atoms with E-state index in [2.05, 4.69) is 4.98 Å². The van der Waals surface area contributed by atoms with Crippen LogP contribution in [0.3, 0.4) is 0 Å². The molecule has 5 nitrogen and oxygen atoms in total. The van der Waals surface area contributed by atoms with Crippen LogP contribution in [0.15, 0.2) is 76.4 Å². The van der Waals surface area contributed by atoms with Gasteiger partial charge in [0.15, 0.2) is 5.52 Å². The van der Waals surface area contributed by atoms with E-state index in [0.717, 1.165) is 10.1 Å². The van der Waals surface area contributed by atoms with Crippen LogP contribution in [0.25, 0.3) is 11.0 Å². The van der Waals surface area contributed by atoms with Crippen molar-refractivity contribution >= 4 is 22.6 Å². The van der Waals surface area contributed by atoms with Gasteiger partial charge in [-0.2, -0.15) is 0 Å². The van der Waals surface area contributed by atoms with Crippen molar-refractivity contribution < 1.29 is 4.39 Å². The zero-order valence-corrected chi connectivity index (χ0v) is 15.4. The van der Waals surface area contributed by atoms with Crippen molar-refractivity contribution in [2.45, 2.75) is 13.1 Å². The summed E-state index contributed by atoms with van der Waals surface area (Å²) in [5, 5.41) is 0.213. The van der Waals surface area contributed by atoms with E-state index in [1.165, 1.54) is 22.9 Å². The van der Waals surface area contributed by atoms with Crippen LogP contribution in [0.4, 0.5) is 4.39 Å². The van der Waals surface area contributed by atoms with Gasteiger partial charge >= 0.3 is 5.69 Å². The number of fused-ring (bicyclic) bond motifs is 1. The highest BCUT2D eigenvalue weighted by Crippen LogP contribution is 2.20. The third-order valence-electron chi connectivity index (χ3n) is 4.55. The van der Waals surface area contributed by atoms with Crippen LogP contribution in [0.1, 0.15) is 11.1 Å². The molecule has 7 heteroatoms. The maximum atomic E-state index is 14.3. The third-order valence-corrected chi connectivity index (χ3v) is 4.90. The SMILES string of the molecule is O=c1c2ncccc2n(Cc2c(F)cccc2Cl)c(=O)n1Cc1ccccc1. The Morgan fingerprint density at radius 3 is 2.43 bits per heavy atom. The van der Waals surface area contributed by atoms with Crippen molar-refractivity contribution in [1.29, 1.82) is 0 Å². The highest BCUT2D eigenvalue weighted by molar-refractivity contribution is 6.31. The van der Waals surface area contributed by atoms with Crippen LogP contribution in [0, 0.1) is 5.82 Å². The van der Waals surface area contributed by atoms with Gasteiger partial charge in [0.25, 0.3) is 5.56 Å². The maximum absolute atomic E-state index is 14.3. The minimum Gasteiger partial charge on any atom is -0.287 e. The van der Waals surface area contributed by atoms with Crippen molar-refractivity contribution in [3.63, 3.8) is 0 Å². The molecule has 2 aromatic heterocycles. The largest absolute Gasteiger partial charge is 0.332 e. The number of hydrogen-bond acceptors (Lipinski definition) is 3. The average Bonchev–Trinajstić information content (AvgIpc) is 2.71. The maximum Gasteiger partial charge on any atom is 0.332 e. The minimum absolute atomic E-state index is 0.0933. The van der Waals surface area contributed by atoms with Gasteiger partial charge in [0, 0.05) is 16.8 Å². The molecule has 2 heterocycles. The summed E-state index contributed by atoms with van der Waals surface area (Å²) in [5.74, 6) is -0.516. The molecule has 0 N–H and O–H groups in total. The number of rotatable bonds is 4. The first-order valence-electron chi connectivity index (χ1n) is 8.61. The number of halogens is 2. The van der Waals surface area contributed by atoms with Crippen molar-refractivity contribution in [3.05, 3.63) is 110 Å². The van der Waals surface area contributed by atoms with Crippen LogP contribution in [0.5, 0.6) is 0 Å². The highest BCUT2D eigenvalue weighted by Gasteiger charge is 2.17. The van der Waals surface area contributed by atoms with Gasteiger partial charge in [0.1, 0.15) is 5.82 Å². The lowest BCUT2D eigenvalue weighted by atomic mass is 10.2. The van der Waals surface area contributed by atoms with Gasteiger partial charge in [0.2, 0.25) is 0 Å². The Hall–Kier alpha value is -3.25. The molecule has 0 atom stereocenters. The molecule has 0 amide bonds. The van der Waals surface area contributed by atoms with Gasteiger partial charge in [-0.05, 0) is 29.8 Å². The molecule has 4 rings (SSSR count). The van der Waals surface area contributed by atoms with E-state index in [1.807, 2.05) is 30.3 Å². The fourth-order valence-corrected chi connectivity index (χ4v) is 3.37. The van der Waals surface area contributed by atoms with E-state index in [1.54, 1.807) is 18.2 Å². The monoisotopic (exact) mass is 395 g/mol. The second-order valence-electron chi connectivity index (χ2n) is 6.32. The first kappa shape index (κ1) is 18.1. The molecule has 0 aliphatic carbocycles. The fraction of sp³-hybridized carbons (Fsp3) is 0.0952. The normalized spacial score (nSPS) is 11.1. The molecule has 0 spiro atoms. The van der Waals surface area contributed by atoms with Gasteiger partial charge in [-0.1, -0.05) is 48.0 Å². The summed E-state index contributed by atoms with van der Waals surface area (Å²) in [4.78, 5) is 30.2. The lowest BCUT2D eigenvalue weighted by Crippen LogP contribution is -2.41. The Labute approximate surface area is 164 Å². The molecule has 0 saturated heterocycles. The molecule has 0 bridgehead atoms. The molecule has 0 saturated carbocycles. The predicted molar refractivity (Wildman–Crippen MR) is 106 cm³/mol. The van der Waals surface area contributed by atoms with Crippen LogP contribution >= 0.6 is 11.6 Å². The summed E-state index contributed by atoms with van der Waals surface area (Å²) in [6.45, 7) is -0.0162. The molecular formula is C21H15ClFN3O2. The van der Waals surface area contributed by atoms with E-state index >= 15 is 0 Å². The first-order chi connectivity index (χ1) is 13.6. The standard InChI is InChI=1S/C21H15ClFN3O2/c22-16-8-4-9-17(23)15(16)13-25-18-10-5-11-24-19(18)20(27)26(21(25)28)12-14-6-2-1-3-7-14/h1-11H,12-13H2. The number of hydrogen-bond donors (Lipinski definition) is 0. The van der Waals surface area contributed by atoms with Crippen molar-refractivity contribution in [2.75, 3.05) is 0 Å². The summed E-state index contributed by atoms with van der Waals surface area (Å²) in [7, 11) is 0. The molecular weight excluding hydrogens is 381 g/mol. The van der Waals surface area contributed by atoms with Crippen molar-refractivity contribution in [3.8, 4) is 0 Å². The summed E-state index contributed by atoms with van der Waals surface area (Å²) in [5.41, 5.74) is 0.425. The zero-order valence-electron chi connectivity index (χ0n) is 14.7. The number of pyridine rings is 1. The Morgan fingerprint density at radius 2 is 1.68 bits per heavy atom. The zero-order chi connectivity index (χ0) is 19.7. The number of nitrogens with zero attached hydrogens (tertiary/aromatic N) is 3. The average molecular weight is 396 g/mol. The van der Waals surface area contributed by atoms with Crippen LogP contribution in [-0.4, -0.2) is 14.1 Å². The first-order valence-corrected chi connectivity index (χ1v) is 8.99. The highest BCUT2D eigenvalue weighted by atomic mass is 35.5. The fourth-order valence-electron chi connectivity index (χ4n) is 3.14. The molecule has 4 aromatic rings. The topological polar surface area (TPSA) is 56.9 Å². The van der Waals surface area contributed by atoms with Gasteiger partial charge in [0.05, 0.1) is 18.6 Å². The third kappa shape index (κ3) is 3.23. The lowest BCUT2D eigenvalue weighted by molar-refractivity contribution is 0.583. The van der Waals surface area contributed by atoms with E-state index in [-0.39, 0.29) is 29.2 Å². The quantitative estimate of drug-likeness (QED) is 0.532. The molecule has 0 unspecified atom stereocenters. The number of aromatic nitrogens is 3. The molecule has 0 aliphatic rings. The van der Waals surface area contributed by atoms with Crippen molar-refractivity contribution in [2.24, 2.45) is 0 Å². The van der Waals surface area contributed by atoms with Gasteiger partial charge in [-0.3, -0.25) is 13.9 Å². The molecule has 0 fully saturated rings. The van der Waals surface area contributed by atoms with E-state index in [0.29, 0.717) is 5.52 Å². The minimum atomic E-state index is -0.548. The lowest BCUT2D eigenvalue weighted by Gasteiger charge is -2.15. The van der Waals surface area contributed by atoms with Crippen LogP contribution in [0.2, 0.25) is 5.02 Å².